The molecule has 1 aromatic heterocycles. The van der Waals surface area contributed by atoms with Gasteiger partial charge in [-0.3, -0.25) is 4.79 Å². The molecule has 1 amide bonds. The van der Waals surface area contributed by atoms with Gasteiger partial charge in [-0.2, -0.15) is 0 Å². The molecule has 0 radical (unpaired) electrons. The third-order valence-corrected chi connectivity index (χ3v) is 4.98. The smallest absolute Gasteiger partial charge is 0.255 e. The first kappa shape index (κ1) is 18.2. The van der Waals surface area contributed by atoms with Crippen LogP contribution in [0.15, 0.2) is 42.6 Å². The van der Waals surface area contributed by atoms with Crippen molar-refractivity contribution in [2.75, 3.05) is 20.8 Å². The molecular weight excluding hydrogens is 328 g/mol. The quantitative estimate of drug-likeness (QED) is 0.793. The topological polar surface area (TPSA) is 51.7 Å². The van der Waals surface area contributed by atoms with Crippen LogP contribution in [0.3, 0.4) is 0 Å². The van der Waals surface area contributed by atoms with E-state index in [1.165, 1.54) is 12.0 Å². The molecule has 1 aliphatic rings. The number of benzene rings is 1. The van der Waals surface area contributed by atoms with Crippen molar-refractivity contribution in [3.8, 4) is 11.6 Å². The summed E-state index contributed by atoms with van der Waals surface area (Å²) >= 11 is 0. The molecule has 2 aromatic rings. The summed E-state index contributed by atoms with van der Waals surface area (Å²) in [6.07, 6.45) is 6.79. The average molecular weight is 354 g/mol. The van der Waals surface area contributed by atoms with Crippen LogP contribution < -0.4 is 9.47 Å². The Morgan fingerprint density at radius 1 is 1.19 bits per heavy atom. The van der Waals surface area contributed by atoms with Crippen molar-refractivity contribution < 1.29 is 14.3 Å². The first-order valence-electron chi connectivity index (χ1n) is 9.15. The van der Waals surface area contributed by atoms with E-state index in [9.17, 15) is 4.79 Å². The summed E-state index contributed by atoms with van der Waals surface area (Å²) < 4.78 is 10.4. The Labute approximate surface area is 155 Å². The molecule has 0 saturated carbocycles. The van der Waals surface area contributed by atoms with E-state index in [-0.39, 0.29) is 11.9 Å². The van der Waals surface area contributed by atoms with E-state index in [4.69, 9.17) is 9.47 Å². The molecule has 1 aromatic carbocycles. The highest BCUT2D eigenvalue weighted by atomic mass is 16.5. The summed E-state index contributed by atoms with van der Waals surface area (Å²) in [5.41, 5.74) is 1.87. The molecule has 0 bridgehead atoms. The highest BCUT2D eigenvalue weighted by Crippen LogP contribution is 2.24. The standard InChI is InChI=1S/C21H26N2O3/c1-25-19-8-5-6-16(14-19)9-11-18-7-3-4-13-23(18)21(24)17-10-12-20(26-2)22-15-17/h5-6,8,10,12,14-15,18H,3-4,7,9,11,13H2,1-2H3. The molecule has 1 saturated heterocycles. The molecule has 0 aliphatic carbocycles. The molecule has 1 atom stereocenters. The second kappa shape index (κ2) is 8.70. The number of rotatable bonds is 6. The van der Waals surface area contributed by atoms with Crippen LogP contribution in [-0.4, -0.2) is 42.6 Å². The van der Waals surface area contributed by atoms with Crippen LogP contribution in [0.4, 0.5) is 0 Å². The van der Waals surface area contributed by atoms with Gasteiger partial charge < -0.3 is 14.4 Å². The Kier molecular flexibility index (Phi) is 6.10. The maximum absolute atomic E-state index is 12.9. The van der Waals surface area contributed by atoms with Gasteiger partial charge in [0.15, 0.2) is 0 Å². The SMILES string of the molecule is COc1cccc(CCC2CCCCN2C(=O)c2ccc(OC)nc2)c1. The van der Waals surface area contributed by atoms with E-state index in [0.29, 0.717) is 11.4 Å². The van der Waals surface area contributed by atoms with E-state index in [2.05, 4.69) is 17.1 Å². The number of ether oxygens (including phenoxy) is 2. The number of amides is 1. The van der Waals surface area contributed by atoms with Gasteiger partial charge in [0.05, 0.1) is 19.8 Å². The van der Waals surface area contributed by atoms with E-state index in [0.717, 1.165) is 38.0 Å². The average Bonchev–Trinajstić information content (AvgIpc) is 2.72. The highest BCUT2D eigenvalue weighted by molar-refractivity contribution is 5.94. The summed E-state index contributed by atoms with van der Waals surface area (Å²) in [4.78, 5) is 19.1. The van der Waals surface area contributed by atoms with Crippen LogP contribution in [0.2, 0.25) is 0 Å². The van der Waals surface area contributed by atoms with Crippen LogP contribution >= 0.6 is 0 Å². The second-order valence-corrected chi connectivity index (χ2v) is 6.63. The minimum atomic E-state index is 0.0653. The van der Waals surface area contributed by atoms with Gasteiger partial charge in [-0.25, -0.2) is 4.98 Å². The first-order chi connectivity index (χ1) is 12.7. The zero-order valence-electron chi connectivity index (χ0n) is 15.5. The molecule has 1 fully saturated rings. The van der Waals surface area contributed by atoms with Crippen LogP contribution in [-0.2, 0) is 6.42 Å². The molecule has 26 heavy (non-hydrogen) atoms. The number of methoxy groups -OCH3 is 2. The number of hydrogen-bond acceptors (Lipinski definition) is 4. The molecule has 138 valence electrons. The third-order valence-electron chi connectivity index (χ3n) is 4.98. The molecule has 1 aliphatic heterocycles. The van der Waals surface area contributed by atoms with Gasteiger partial charge in [-0.05, 0) is 55.9 Å². The van der Waals surface area contributed by atoms with Gasteiger partial charge in [0.1, 0.15) is 5.75 Å². The largest absolute Gasteiger partial charge is 0.497 e. The zero-order valence-corrected chi connectivity index (χ0v) is 15.5. The van der Waals surface area contributed by atoms with Crippen LogP contribution in [0, 0.1) is 0 Å². The predicted molar refractivity (Wildman–Crippen MR) is 101 cm³/mol. The van der Waals surface area contributed by atoms with Crippen LogP contribution in [0.1, 0.15) is 41.6 Å². The number of nitrogens with zero attached hydrogens (tertiary/aromatic N) is 2. The van der Waals surface area contributed by atoms with Crippen LogP contribution in [0.5, 0.6) is 11.6 Å². The van der Waals surface area contributed by atoms with Crippen molar-refractivity contribution in [1.82, 2.24) is 9.88 Å². The number of aromatic nitrogens is 1. The molecular formula is C21H26N2O3. The summed E-state index contributed by atoms with van der Waals surface area (Å²) in [6.45, 7) is 0.813. The summed E-state index contributed by atoms with van der Waals surface area (Å²) in [5.74, 6) is 1.47. The molecule has 0 N–H and O–H groups in total. The monoisotopic (exact) mass is 354 g/mol. The van der Waals surface area contributed by atoms with Gasteiger partial charge in [-0.1, -0.05) is 12.1 Å². The minimum Gasteiger partial charge on any atom is -0.497 e. The van der Waals surface area contributed by atoms with E-state index >= 15 is 0 Å². The number of piperidine rings is 1. The van der Waals surface area contributed by atoms with Crippen LogP contribution in [0.25, 0.3) is 0 Å². The number of hydrogen-bond donors (Lipinski definition) is 0. The number of carbonyl (C=O) groups is 1. The van der Waals surface area contributed by atoms with E-state index in [1.54, 1.807) is 32.5 Å². The van der Waals surface area contributed by atoms with Crippen molar-refractivity contribution in [3.63, 3.8) is 0 Å². The number of aryl methyl sites for hydroxylation is 1. The lowest BCUT2D eigenvalue weighted by molar-refractivity contribution is 0.0601. The summed E-state index contributed by atoms with van der Waals surface area (Å²) in [6, 6.07) is 12.0. The highest BCUT2D eigenvalue weighted by Gasteiger charge is 2.27. The van der Waals surface area contributed by atoms with Crippen molar-refractivity contribution in [2.24, 2.45) is 0 Å². The second-order valence-electron chi connectivity index (χ2n) is 6.63. The van der Waals surface area contributed by atoms with Gasteiger partial charge in [0.25, 0.3) is 5.91 Å². The first-order valence-corrected chi connectivity index (χ1v) is 9.15. The normalized spacial score (nSPS) is 17.0. The number of pyridine rings is 1. The molecule has 2 heterocycles. The number of carbonyl (C=O) groups excluding carboxylic acids is 1. The summed E-state index contributed by atoms with van der Waals surface area (Å²) in [7, 11) is 3.26. The van der Waals surface area contributed by atoms with E-state index in [1.807, 2.05) is 17.0 Å². The van der Waals surface area contributed by atoms with E-state index < -0.39 is 0 Å². The molecule has 5 heteroatoms. The molecule has 1 unspecified atom stereocenters. The summed E-state index contributed by atoms with van der Waals surface area (Å²) in [5, 5.41) is 0. The lowest BCUT2D eigenvalue weighted by atomic mass is 9.95. The fraction of sp³-hybridized carbons (Fsp3) is 0.429. The number of likely N-dealkylation sites (tertiary alicyclic amines) is 1. The Bertz CT molecular complexity index is 730. The Hall–Kier alpha value is -2.56. The molecule has 3 rings (SSSR count). The van der Waals surface area contributed by atoms with Crippen molar-refractivity contribution in [3.05, 3.63) is 53.7 Å². The van der Waals surface area contributed by atoms with Gasteiger partial charge in [-0.15, -0.1) is 0 Å². The Balaban J connectivity index is 1.67. The van der Waals surface area contributed by atoms with Crippen molar-refractivity contribution in [2.45, 2.75) is 38.1 Å². The van der Waals surface area contributed by atoms with Crippen molar-refractivity contribution in [1.29, 1.82) is 0 Å². The van der Waals surface area contributed by atoms with Gasteiger partial charge >= 0.3 is 0 Å². The maximum atomic E-state index is 12.9. The predicted octanol–water partition coefficient (Wildman–Crippen LogP) is 3.73. The maximum Gasteiger partial charge on any atom is 0.255 e. The fourth-order valence-electron chi connectivity index (χ4n) is 3.52. The minimum absolute atomic E-state index is 0.0653. The Morgan fingerprint density at radius 2 is 2.08 bits per heavy atom. The van der Waals surface area contributed by atoms with Gasteiger partial charge in [0.2, 0.25) is 5.88 Å². The molecule has 5 nitrogen and oxygen atoms in total. The Morgan fingerprint density at radius 3 is 2.81 bits per heavy atom. The lowest BCUT2D eigenvalue weighted by Crippen LogP contribution is -2.44. The van der Waals surface area contributed by atoms with Gasteiger partial charge in [0, 0.05) is 24.8 Å². The molecule has 0 spiro atoms. The zero-order chi connectivity index (χ0) is 18.4. The lowest BCUT2D eigenvalue weighted by Gasteiger charge is -2.36. The fourth-order valence-corrected chi connectivity index (χ4v) is 3.52. The van der Waals surface area contributed by atoms with Crippen molar-refractivity contribution >= 4 is 5.91 Å². The third kappa shape index (κ3) is 4.34.